The van der Waals surface area contributed by atoms with Gasteiger partial charge < -0.3 is 19.3 Å². The molecular formula is C27H51O8P. The lowest BCUT2D eigenvalue weighted by Crippen LogP contribution is -2.29. The molecule has 0 saturated carbocycles. The van der Waals surface area contributed by atoms with Gasteiger partial charge >= 0.3 is 19.8 Å². The van der Waals surface area contributed by atoms with E-state index in [4.69, 9.17) is 19.3 Å². The predicted molar refractivity (Wildman–Crippen MR) is 142 cm³/mol. The molecule has 9 heteroatoms. The first-order chi connectivity index (χ1) is 17.3. The van der Waals surface area contributed by atoms with Gasteiger partial charge in [-0.1, -0.05) is 96.6 Å². The first kappa shape index (κ1) is 34.8. The van der Waals surface area contributed by atoms with Crippen molar-refractivity contribution in [3.05, 3.63) is 12.2 Å². The molecule has 8 nitrogen and oxygen atoms in total. The van der Waals surface area contributed by atoms with E-state index in [-0.39, 0.29) is 19.4 Å². The molecule has 0 aromatic heterocycles. The first-order valence-corrected chi connectivity index (χ1v) is 15.5. The van der Waals surface area contributed by atoms with Gasteiger partial charge in [-0.15, -0.1) is 0 Å². The number of phosphoric ester groups is 1. The molecule has 0 radical (unpaired) electrons. The lowest BCUT2D eigenvalue weighted by atomic mass is 10.1. The summed E-state index contributed by atoms with van der Waals surface area (Å²) in [5, 5.41) is 0. The van der Waals surface area contributed by atoms with Crippen LogP contribution in [0.2, 0.25) is 0 Å². The van der Waals surface area contributed by atoms with E-state index in [1.807, 2.05) is 0 Å². The van der Waals surface area contributed by atoms with Crippen molar-refractivity contribution >= 4 is 19.8 Å². The minimum absolute atomic E-state index is 0.211. The third-order valence-electron chi connectivity index (χ3n) is 5.78. The van der Waals surface area contributed by atoms with Crippen LogP contribution < -0.4 is 0 Å². The highest BCUT2D eigenvalue weighted by molar-refractivity contribution is 7.46. The Balaban J connectivity index is 4.09. The molecule has 0 aromatic carbocycles. The van der Waals surface area contributed by atoms with Gasteiger partial charge in [0.1, 0.15) is 6.61 Å². The van der Waals surface area contributed by atoms with Crippen molar-refractivity contribution in [2.75, 3.05) is 13.2 Å². The Kier molecular flexibility index (Phi) is 23.3. The molecule has 0 heterocycles. The number of esters is 2. The van der Waals surface area contributed by atoms with Crippen molar-refractivity contribution in [2.45, 2.75) is 136 Å². The molecule has 0 amide bonds. The number of phosphoric acid groups is 1. The summed E-state index contributed by atoms with van der Waals surface area (Å²) in [6.45, 7) is 3.53. The summed E-state index contributed by atoms with van der Waals surface area (Å²) in [5.41, 5.74) is 0. The maximum absolute atomic E-state index is 12.1. The van der Waals surface area contributed by atoms with Crippen molar-refractivity contribution in [1.29, 1.82) is 0 Å². The van der Waals surface area contributed by atoms with E-state index in [1.165, 1.54) is 32.1 Å². The van der Waals surface area contributed by atoms with Gasteiger partial charge in [-0.25, -0.2) is 4.57 Å². The highest BCUT2D eigenvalue weighted by Gasteiger charge is 2.22. The second kappa shape index (κ2) is 24.1. The third-order valence-corrected chi connectivity index (χ3v) is 6.27. The van der Waals surface area contributed by atoms with Gasteiger partial charge in [-0.2, -0.15) is 0 Å². The number of ether oxygens (including phenoxy) is 2. The van der Waals surface area contributed by atoms with Gasteiger partial charge in [-0.05, 0) is 32.1 Å². The van der Waals surface area contributed by atoms with E-state index >= 15 is 0 Å². The van der Waals surface area contributed by atoms with Crippen molar-refractivity contribution in [1.82, 2.24) is 0 Å². The van der Waals surface area contributed by atoms with Crippen LogP contribution in [-0.4, -0.2) is 41.0 Å². The SMILES string of the molecule is CCCC/C=C/CCCCCCCC(=O)OC[C@H](COP(=O)(O)O)OC(=O)CCCCCCCCC. The average molecular weight is 535 g/mol. The Morgan fingerprint density at radius 2 is 1.19 bits per heavy atom. The Bertz CT molecular complexity index is 617. The fourth-order valence-corrected chi connectivity index (χ4v) is 4.01. The number of hydrogen-bond donors (Lipinski definition) is 2. The molecular weight excluding hydrogens is 483 g/mol. The topological polar surface area (TPSA) is 119 Å². The Morgan fingerprint density at radius 3 is 1.78 bits per heavy atom. The zero-order valence-corrected chi connectivity index (χ0v) is 23.6. The lowest BCUT2D eigenvalue weighted by Gasteiger charge is -2.18. The summed E-state index contributed by atoms with van der Waals surface area (Å²) in [6, 6.07) is 0. The van der Waals surface area contributed by atoms with Crippen LogP contribution >= 0.6 is 7.82 Å². The van der Waals surface area contributed by atoms with E-state index in [0.29, 0.717) is 12.8 Å². The average Bonchev–Trinajstić information content (AvgIpc) is 2.83. The number of unbranched alkanes of at least 4 members (excludes halogenated alkanes) is 13. The van der Waals surface area contributed by atoms with Gasteiger partial charge in [0.2, 0.25) is 0 Å². The minimum atomic E-state index is -4.73. The molecule has 0 rings (SSSR count). The molecule has 36 heavy (non-hydrogen) atoms. The lowest BCUT2D eigenvalue weighted by molar-refractivity contribution is -0.161. The van der Waals surface area contributed by atoms with Gasteiger partial charge in [-0.3, -0.25) is 14.1 Å². The van der Waals surface area contributed by atoms with E-state index in [2.05, 4.69) is 30.5 Å². The first-order valence-electron chi connectivity index (χ1n) is 14.0. The van der Waals surface area contributed by atoms with Crippen LogP contribution in [0.15, 0.2) is 12.2 Å². The van der Waals surface area contributed by atoms with E-state index < -0.39 is 32.5 Å². The largest absolute Gasteiger partial charge is 0.469 e. The summed E-state index contributed by atoms with van der Waals surface area (Å²) >= 11 is 0. The quantitative estimate of drug-likeness (QED) is 0.0547. The molecule has 1 atom stereocenters. The zero-order chi connectivity index (χ0) is 26.9. The van der Waals surface area contributed by atoms with Crippen molar-refractivity contribution in [2.24, 2.45) is 0 Å². The monoisotopic (exact) mass is 534 g/mol. The molecule has 212 valence electrons. The maximum atomic E-state index is 12.1. The summed E-state index contributed by atoms with van der Waals surface area (Å²) < 4.78 is 25.9. The summed E-state index contributed by atoms with van der Waals surface area (Å²) in [4.78, 5) is 42.1. The van der Waals surface area contributed by atoms with Crippen LogP contribution in [0.25, 0.3) is 0 Å². The molecule has 0 saturated heterocycles. The predicted octanol–water partition coefficient (Wildman–Crippen LogP) is 7.17. The van der Waals surface area contributed by atoms with E-state index in [0.717, 1.165) is 57.8 Å². The summed E-state index contributed by atoms with van der Waals surface area (Å²) in [6.07, 6.45) is 21.1. The molecule has 2 N–H and O–H groups in total. The fourth-order valence-electron chi connectivity index (χ4n) is 3.65. The highest BCUT2D eigenvalue weighted by atomic mass is 31.2. The van der Waals surface area contributed by atoms with Crippen LogP contribution in [0.4, 0.5) is 0 Å². The molecule has 0 aromatic rings. The second-order valence-electron chi connectivity index (χ2n) is 9.37. The molecule has 0 aliphatic rings. The molecule has 0 aliphatic carbocycles. The van der Waals surface area contributed by atoms with Gasteiger partial charge in [0, 0.05) is 12.8 Å². The van der Waals surface area contributed by atoms with Crippen LogP contribution in [0, 0.1) is 0 Å². The number of allylic oxidation sites excluding steroid dienone is 2. The van der Waals surface area contributed by atoms with Crippen LogP contribution in [0.3, 0.4) is 0 Å². The maximum Gasteiger partial charge on any atom is 0.469 e. The second-order valence-corrected chi connectivity index (χ2v) is 10.6. The zero-order valence-electron chi connectivity index (χ0n) is 22.7. The molecule has 0 aliphatic heterocycles. The van der Waals surface area contributed by atoms with Crippen LogP contribution in [-0.2, 0) is 28.2 Å². The minimum Gasteiger partial charge on any atom is -0.462 e. The number of carbonyl (C=O) groups is 2. The number of hydrogen-bond acceptors (Lipinski definition) is 6. The van der Waals surface area contributed by atoms with E-state index in [1.54, 1.807) is 0 Å². The van der Waals surface area contributed by atoms with Crippen LogP contribution in [0.5, 0.6) is 0 Å². The van der Waals surface area contributed by atoms with Crippen molar-refractivity contribution in [3.63, 3.8) is 0 Å². The standard InChI is InChI=1S/C27H51O8P/c1-3-5-7-9-11-12-13-14-16-17-19-21-26(28)33-23-25(24-34-36(30,31)32)35-27(29)22-20-18-15-10-8-6-4-2/h9,11,25H,3-8,10,12-24H2,1-2H3,(H2,30,31,32)/b11-9+/t25-/m1/s1. The highest BCUT2D eigenvalue weighted by Crippen LogP contribution is 2.35. The number of carbonyl (C=O) groups excluding carboxylic acids is 2. The van der Waals surface area contributed by atoms with Gasteiger partial charge in [0.15, 0.2) is 6.10 Å². The smallest absolute Gasteiger partial charge is 0.462 e. The van der Waals surface area contributed by atoms with Gasteiger partial charge in [0.05, 0.1) is 6.61 Å². The summed E-state index contributed by atoms with van der Waals surface area (Å²) in [5.74, 6) is -0.905. The van der Waals surface area contributed by atoms with Gasteiger partial charge in [0.25, 0.3) is 0 Å². The molecule has 0 bridgehead atoms. The Labute approximate surface area is 218 Å². The number of rotatable bonds is 25. The summed E-state index contributed by atoms with van der Waals surface area (Å²) in [7, 11) is -4.73. The Hall–Kier alpha value is -1.21. The molecule has 0 spiro atoms. The van der Waals surface area contributed by atoms with E-state index in [9.17, 15) is 14.2 Å². The van der Waals surface area contributed by atoms with Crippen molar-refractivity contribution in [3.8, 4) is 0 Å². The van der Waals surface area contributed by atoms with Crippen molar-refractivity contribution < 1.29 is 37.9 Å². The fraction of sp³-hybridized carbons (Fsp3) is 0.852. The third kappa shape index (κ3) is 25.9. The normalized spacial score (nSPS) is 12.7. The molecule has 0 unspecified atom stereocenters. The Morgan fingerprint density at radius 1 is 0.694 bits per heavy atom. The van der Waals surface area contributed by atoms with Crippen LogP contribution in [0.1, 0.15) is 129 Å². The molecule has 0 fully saturated rings.